The monoisotopic (exact) mass is 265 g/mol. The molecule has 0 bridgehead atoms. The highest BCUT2D eigenvalue weighted by Crippen LogP contribution is 2.45. The van der Waals surface area contributed by atoms with Crippen LogP contribution in [0.1, 0.15) is 37.3 Å². The molecule has 0 aromatic heterocycles. The summed E-state index contributed by atoms with van der Waals surface area (Å²) in [5.41, 5.74) is 7.42. The first-order valence-corrected chi connectivity index (χ1v) is 6.77. The number of benzene rings is 1. The Balaban J connectivity index is 2.38. The van der Waals surface area contributed by atoms with Crippen LogP contribution in [0.4, 0.5) is 0 Å². The van der Waals surface area contributed by atoms with E-state index in [9.17, 15) is 0 Å². The fraction of sp³-hybridized carbons (Fsp3) is 0.600. The quantitative estimate of drug-likeness (QED) is 0.889. The lowest BCUT2D eigenvalue weighted by atomic mass is 9.91. The molecule has 1 fully saturated rings. The van der Waals surface area contributed by atoms with Crippen molar-refractivity contribution in [3.8, 4) is 17.2 Å². The molecule has 0 unspecified atom stereocenters. The molecular formula is C15H23NO3. The maximum Gasteiger partial charge on any atom is 0.203 e. The molecule has 0 amide bonds. The molecule has 1 saturated carbocycles. The van der Waals surface area contributed by atoms with Crippen LogP contribution in [-0.2, 0) is 0 Å². The van der Waals surface area contributed by atoms with Crippen LogP contribution in [0.15, 0.2) is 12.1 Å². The number of rotatable bonds is 5. The van der Waals surface area contributed by atoms with Crippen molar-refractivity contribution in [3.63, 3.8) is 0 Å². The van der Waals surface area contributed by atoms with Crippen LogP contribution in [0.25, 0.3) is 0 Å². The molecule has 1 aromatic carbocycles. The Kier molecular flexibility index (Phi) is 4.53. The van der Waals surface area contributed by atoms with E-state index in [1.54, 1.807) is 21.3 Å². The summed E-state index contributed by atoms with van der Waals surface area (Å²) in [5, 5.41) is 0. The van der Waals surface area contributed by atoms with Crippen LogP contribution < -0.4 is 19.9 Å². The van der Waals surface area contributed by atoms with E-state index in [1.165, 1.54) is 25.7 Å². The van der Waals surface area contributed by atoms with Gasteiger partial charge in [0.25, 0.3) is 0 Å². The maximum atomic E-state index is 6.42. The summed E-state index contributed by atoms with van der Waals surface area (Å²) in [6, 6.07) is 3.88. The lowest BCUT2D eigenvalue weighted by molar-refractivity contribution is 0.316. The van der Waals surface area contributed by atoms with E-state index in [1.807, 2.05) is 12.1 Å². The highest BCUT2D eigenvalue weighted by atomic mass is 16.5. The van der Waals surface area contributed by atoms with Gasteiger partial charge >= 0.3 is 0 Å². The van der Waals surface area contributed by atoms with Crippen LogP contribution in [0.2, 0.25) is 0 Å². The van der Waals surface area contributed by atoms with E-state index in [0.29, 0.717) is 23.2 Å². The molecule has 106 valence electrons. The third-order valence-electron chi connectivity index (χ3n) is 4.00. The fourth-order valence-corrected chi connectivity index (χ4v) is 2.96. The number of ether oxygens (including phenoxy) is 3. The molecule has 1 aliphatic rings. The summed E-state index contributed by atoms with van der Waals surface area (Å²) < 4.78 is 16.2. The molecule has 4 heteroatoms. The van der Waals surface area contributed by atoms with Crippen LogP contribution in [-0.4, -0.2) is 21.3 Å². The lowest BCUT2D eigenvalue weighted by Gasteiger charge is -2.23. The molecule has 2 N–H and O–H groups in total. The Hall–Kier alpha value is -1.42. The summed E-state index contributed by atoms with van der Waals surface area (Å²) in [7, 11) is 4.88. The normalized spacial score (nSPS) is 17.3. The van der Waals surface area contributed by atoms with Crippen molar-refractivity contribution in [2.75, 3.05) is 21.3 Å². The van der Waals surface area contributed by atoms with Crippen molar-refractivity contribution in [2.24, 2.45) is 11.7 Å². The number of nitrogens with two attached hydrogens (primary N) is 1. The Morgan fingerprint density at radius 1 is 1.00 bits per heavy atom. The zero-order valence-corrected chi connectivity index (χ0v) is 11.9. The van der Waals surface area contributed by atoms with Gasteiger partial charge in [-0.05, 0) is 30.9 Å². The Morgan fingerprint density at radius 2 is 1.63 bits per heavy atom. The van der Waals surface area contributed by atoms with Crippen LogP contribution in [0.5, 0.6) is 17.2 Å². The van der Waals surface area contributed by atoms with Crippen molar-refractivity contribution in [1.82, 2.24) is 0 Å². The standard InChI is InChI=1S/C15H23NO3/c1-17-12-9-8-11(14(18-2)15(12)19-3)13(16)10-6-4-5-7-10/h8-10,13H,4-7,16H2,1-3H3/t13-/m0/s1. The van der Waals surface area contributed by atoms with Crippen molar-refractivity contribution in [2.45, 2.75) is 31.7 Å². The van der Waals surface area contributed by atoms with Gasteiger partial charge in [0.15, 0.2) is 11.5 Å². The molecule has 19 heavy (non-hydrogen) atoms. The smallest absolute Gasteiger partial charge is 0.203 e. The third kappa shape index (κ3) is 2.63. The highest BCUT2D eigenvalue weighted by molar-refractivity contribution is 5.56. The fourth-order valence-electron chi connectivity index (χ4n) is 2.96. The van der Waals surface area contributed by atoms with Gasteiger partial charge in [-0.2, -0.15) is 0 Å². The molecule has 1 atom stereocenters. The maximum absolute atomic E-state index is 6.42. The van der Waals surface area contributed by atoms with Gasteiger partial charge in [-0.1, -0.05) is 12.8 Å². The average Bonchev–Trinajstić information content (AvgIpc) is 2.98. The summed E-state index contributed by atoms with van der Waals surface area (Å²) in [6.45, 7) is 0. The second kappa shape index (κ2) is 6.15. The molecule has 1 aromatic rings. The molecule has 0 spiro atoms. The minimum absolute atomic E-state index is 0.00254. The summed E-state index contributed by atoms with van der Waals surface area (Å²) in [4.78, 5) is 0. The Labute approximate surface area is 114 Å². The first-order valence-electron chi connectivity index (χ1n) is 6.77. The van der Waals surface area contributed by atoms with Crippen molar-refractivity contribution >= 4 is 0 Å². The van der Waals surface area contributed by atoms with Crippen LogP contribution in [0, 0.1) is 5.92 Å². The van der Waals surface area contributed by atoms with Gasteiger partial charge in [-0.15, -0.1) is 0 Å². The predicted molar refractivity (Wildman–Crippen MR) is 75.0 cm³/mol. The van der Waals surface area contributed by atoms with Gasteiger partial charge in [0.1, 0.15) is 0 Å². The SMILES string of the molecule is COc1ccc([C@@H](N)C2CCCC2)c(OC)c1OC. The van der Waals surface area contributed by atoms with E-state index in [2.05, 4.69) is 0 Å². The molecule has 1 aliphatic carbocycles. The minimum Gasteiger partial charge on any atom is -0.493 e. The zero-order chi connectivity index (χ0) is 13.8. The molecule has 2 rings (SSSR count). The topological polar surface area (TPSA) is 53.7 Å². The van der Waals surface area contributed by atoms with Gasteiger partial charge < -0.3 is 19.9 Å². The number of hydrogen-bond donors (Lipinski definition) is 1. The van der Waals surface area contributed by atoms with E-state index in [4.69, 9.17) is 19.9 Å². The minimum atomic E-state index is -0.00254. The predicted octanol–water partition coefficient (Wildman–Crippen LogP) is 2.90. The first kappa shape index (κ1) is 14.0. The Bertz CT molecular complexity index is 428. The second-order valence-electron chi connectivity index (χ2n) is 4.99. The van der Waals surface area contributed by atoms with Gasteiger partial charge in [0.05, 0.1) is 21.3 Å². The number of hydrogen-bond acceptors (Lipinski definition) is 4. The summed E-state index contributed by atoms with van der Waals surface area (Å²) in [5.74, 6) is 2.52. The molecule has 0 aliphatic heterocycles. The summed E-state index contributed by atoms with van der Waals surface area (Å²) >= 11 is 0. The molecule has 0 radical (unpaired) electrons. The number of methoxy groups -OCH3 is 3. The van der Waals surface area contributed by atoms with E-state index in [0.717, 1.165) is 5.56 Å². The Morgan fingerprint density at radius 3 is 2.16 bits per heavy atom. The van der Waals surface area contributed by atoms with Crippen molar-refractivity contribution < 1.29 is 14.2 Å². The van der Waals surface area contributed by atoms with E-state index < -0.39 is 0 Å². The molecular weight excluding hydrogens is 242 g/mol. The van der Waals surface area contributed by atoms with Gasteiger partial charge in [0.2, 0.25) is 5.75 Å². The van der Waals surface area contributed by atoms with E-state index in [-0.39, 0.29) is 6.04 Å². The molecule has 0 saturated heterocycles. The first-order chi connectivity index (χ1) is 9.22. The van der Waals surface area contributed by atoms with Crippen LogP contribution >= 0.6 is 0 Å². The average molecular weight is 265 g/mol. The van der Waals surface area contributed by atoms with Crippen molar-refractivity contribution in [1.29, 1.82) is 0 Å². The molecule has 4 nitrogen and oxygen atoms in total. The van der Waals surface area contributed by atoms with E-state index >= 15 is 0 Å². The third-order valence-corrected chi connectivity index (χ3v) is 4.00. The van der Waals surface area contributed by atoms with Gasteiger partial charge in [0, 0.05) is 11.6 Å². The van der Waals surface area contributed by atoms with Gasteiger partial charge in [-0.3, -0.25) is 0 Å². The van der Waals surface area contributed by atoms with Crippen LogP contribution in [0.3, 0.4) is 0 Å². The molecule has 0 heterocycles. The summed E-state index contributed by atoms with van der Waals surface area (Å²) in [6.07, 6.45) is 4.93. The lowest BCUT2D eigenvalue weighted by Crippen LogP contribution is -2.20. The second-order valence-corrected chi connectivity index (χ2v) is 4.99. The van der Waals surface area contributed by atoms with Gasteiger partial charge in [-0.25, -0.2) is 0 Å². The zero-order valence-electron chi connectivity index (χ0n) is 11.9. The largest absolute Gasteiger partial charge is 0.493 e. The van der Waals surface area contributed by atoms with Crippen molar-refractivity contribution in [3.05, 3.63) is 17.7 Å². The highest BCUT2D eigenvalue weighted by Gasteiger charge is 2.27.